The second-order valence-electron chi connectivity index (χ2n) is 5.64. The fraction of sp³-hybridized carbons (Fsp3) is 0.588. The first-order valence-electron chi connectivity index (χ1n) is 7.83. The number of hydrogen-bond donors (Lipinski definition) is 1. The second-order valence-corrected chi connectivity index (χ2v) is 5.64. The summed E-state index contributed by atoms with van der Waals surface area (Å²) in [5.41, 5.74) is 2.44. The van der Waals surface area contributed by atoms with E-state index in [1.807, 2.05) is 25.7 Å². The van der Waals surface area contributed by atoms with Gasteiger partial charge in [-0.25, -0.2) is 0 Å². The van der Waals surface area contributed by atoms with Gasteiger partial charge in [0.05, 0.1) is 18.7 Å². The van der Waals surface area contributed by atoms with Crippen LogP contribution < -0.4 is 5.32 Å². The highest BCUT2D eigenvalue weighted by molar-refractivity contribution is 5.84. The van der Waals surface area contributed by atoms with Gasteiger partial charge in [-0.2, -0.15) is 0 Å². The van der Waals surface area contributed by atoms with Gasteiger partial charge in [-0.05, 0) is 38.3 Å². The lowest BCUT2D eigenvalue weighted by molar-refractivity contribution is -0.133. The Hall–Kier alpha value is -1.39. The van der Waals surface area contributed by atoms with Gasteiger partial charge < -0.3 is 9.64 Å². The predicted octanol–water partition coefficient (Wildman–Crippen LogP) is 2.49. The molecule has 0 radical (unpaired) electrons. The smallest absolute Gasteiger partial charge is 0.241 e. The number of carbonyl (C=O) groups is 1. The zero-order valence-electron chi connectivity index (χ0n) is 13.4. The molecule has 4 nitrogen and oxygen atoms in total. The van der Waals surface area contributed by atoms with Crippen LogP contribution >= 0.6 is 0 Å². The van der Waals surface area contributed by atoms with Crippen LogP contribution in [0.15, 0.2) is 24.3 Å². The largest absolute Gasteiger partial charge is 0.380 e. The molecule has 0 spiro atoms. The molecule has 0 aliphatic carbocycles. The summed E-state index contributed by atoms with van der Waals surface area (Å²) in [6.07, 6.45) is 0.965. The molecule has 1 aromatic rings. The van der Waals surface area contributed by atoms with Crippen molar-refractivity contribution in [1.29, 1.82) is 0 Å². The number of hydrogen-bond acceptors (Lipinski definition) is 3. The minimum atomic E-state index is -0.148. The molecular formula is C17H26N2O2. The number of nitrogens with one attached hydrogen (secondary N) is 1. The van der Waals surface area contributed by atoms with Gasteiger partial charge in [0.25, 0.3) is 0 Å². The quantitative estimate of drug-likeness (QED) is 0.875. The summed E-state index contributed by atoms with van der Waals surface area (Å²) >= 11 is 0. The molecule has 116 valence electrons. The zero-order chi connectivity index (χ0) is 15.4. The highest BCUT2D eigenvalue weighted by atomic mass is 16.5. The lowest BCUT2D eigenvalue weighted by Gasteiger charge is -2.30. The minimum Gasteiger partial charge on any atom is -0.380 e. The molecule has 21 heavy (non-hydrogen) atoms. The second kappa shape index (κ2) is 7.05. The van der Waals surface area contributed by atoms with Crippen LogP contribution in [0.2, 0.25) is 0 Å². The summed E-state index contributed by atoms with van der Waals surface area (Å²) in [6.45, 7) is 9.32. The van der Waals surface area contributed by atoms with Gasteiger partial charge in [0, 0.05) is 6.61 Å². The SMILES string of the molecule is CCOCC(C)N1C(=O)C(C)NC1c1ccc(CC)cc1. The molecule has 1 fully saturated rings. The van der Waals surface area contributed by atoms with Crippen LogP contribution in [-0.4, -0.2) is 36.1 Å². The van der Waals surface area contributed by atoms with Crippen LogP contribution in [0, 0.1) is 0 Å². The molecule has 3 unspecified atom stereocenters. The first kappa shape index (κ1) is 16.0. The Morgan fingerprint density at radius 1 is 1.29 bits per heavy atom. The lowest BCUT2D eigenvalue weighted by atomic mass is 10.1. The average molecular weight is 290 g/mol. The standard InChI is InChI=1S/C17H26N2O2/c1-5-14-7-9-15(10-8-14)16-18-13(4)17(20)19(16)12(3)11-21-6-2/h7-10,12-13,16,18H,5-6,11H2,1-4H3. The highest BCUT2D eigenvalue weighted by Gasteiger charge is 2.39. The average Bonchev–Trinajstić information content (AvgIpc) is 2.80. The van der Waals surface area contributed by atoms with Gasteiger partial charge in [0.15, 0.2) is 0 Å². The van der Waals surface area contributed by atoms with Crippen molar-refractivity contribution in [3.63, 3.8) is 0 Å². The van der Waals surface area contributed by atoms with Gasteiger partial charge in [0.2, 0.25) is 5.91 Å². The molecule has 1 saturated heterocycles. The van der Waals surface area contributed by atoms with E-state index in [-0.39, 0.29) is 24.2 Å². The number of rotatable bonds is 6. The Bertz CT molecular complexity index is 472. The third-order valence-corrected chi connectivity index (χ3v) is 4.05. The normalized spacial score (nSPS) is 23.6. The van der Waals surface area contributed by atoms with Gasteiger partial charge in [-0.1, -0.05) is 31.2 Å². The molecule has 0 bridgehead atoms. The molecule has 0 aromatic heterocycles. The summed E-state index contributed by atoms with van der Waals surface area (Å²) in [6, 6.07) is 8.41. The lowest BCUT2D eigenvalue weighted by Crippen LogP contribution is -2.41. The van der Waals surface area contributed by atoms with E-state index < -0.39 is 0 Å². The Labute approximate surface area is 127 Å². The summed E-state index contributed by atoms with van der Waals surface area (Å²) in [5.74, 6) is 0.145. The molecule has 0 saturated carbocycles. The minimum absolute atomic E-state index is 0.0609. The van der Waals surface area contributed by atoms with E-state index in [1.54, 1.807) is 0 Å². The van der Waals surface area contributed by atoms with Crippen molar-refractivity contribution in [2.75, 3.05) is 13.2 Å². The molecule has 3 atom stereocenters. The van der Waals surface area contributed by atoms with Crippen LogP contribution in [0.4, 0.5) is 0 Å². The molecule has 1 aliphatic heterocycles. The van der Waals surface area contributed by atoms with Gasteiger partial charge in [-0.15, -0.1) is 0 Å². The Morgan fingerprint density at radius 3 is 2.52 bits per heavy atom. The van der Waals surface area contributed by atoms with Crippen molar-refractivity contribution in [1.82, 2.24) is 10.2 Å². The van der Waals surface area contributed by atoms with Gasteiger partial charge in [-0.3, -0.25) is 10.1 Å². The van der Waals surface area contributed by atoms with E-state index in [9.17, 15) is 4.79 Å². The van der Waals surface area contributed by atoms with Gasteiger partial charge in [0.1, 0.15) is 6.17 Å². The van der Waals surface area contributed by atoms with Crippen LogP contribution in [0.25, 0.3) is 0 Å². The number of carbonyl (C=O) groups excluding carboxylic acids is 1. The van der Waals surface area contributed by atoms with E-state index in [4.69, 9.17) is 4.74 Å². The summed E-state index contributed by atoms with van der Waals surface area (Å²) in [5, 5.41) is 3.39. The molecule has 1 heterocycles. The van der Waals surface area contributed by atoms with E-state index >= 15 is 0 Å². The number of aryl methyl sites for hydroxylation is 1. The molecular weight excluding hydrogens is 264 g/mol. The van der Waals surface area contributed by atoms with Crippen molar-refractivity contribution in [3.05, 3.63) is 35.4 Å². The molecule has 1 aliphatic rings. The maximum atomic E-state index is 12.4. The molecule has 2 rings (SSSR count). The Morgan fingerprint density at radius 2 is 1.95 bits per heavy atom. The third-order valence-electron chi connectivity index (χ3n) is 4.05. The van der Waals surface area contributed by atoms with Crippen molar-refractivity contribution < 1.29 is 9.53 Å². The maximum Gasteiger partial charge on any atom is 0.241 e. The number of ether oxygens (including phenoxy) is 1. The predicted molar refractivity (Wildman–Crippen MR) is 84.0 cm³/mol. The van der Waals surface area contributed by atoms with Crippen molar-refractivity contribution in [2.24, 2.45) is 0 Å². The molecule has 1 amide bonds. The number of amides is 1. The topological polar surface area (TPSA) is 41.6 Å². The zero-order valence-corrected chi connectivity index (χ0v) is 13.4. The van der Waals surface area contributed by atoms with E-state index in [1.165, 1.54) is 5.56 Å². The number of nitrogens with zero attached hydrogens (tertiary/aromatic N) is 1. The van der Waals surface area contributed by atoms with Crippen LogP contribution in [0.1, 0.15) is 45.0 Å². The fourth-order valence-electron chi connectivity index (χ4n) is 2.77. The first-order valence-corrected chi connectivity index (χ1v) is 7.83. The molecule has 1 N–H and O–H groups in total. The monoisotopic (exact) mass is 290 g/mol. The van der Waals surface area contributed by atoms with Crippen LogP contribution in [-0.2, 0) is 16.0 Å². The molecule has 4 heteroatoms. The number of benzene rings is 1. The summed E-state index contributed by atoms with van der Waals surface area (Å²) in [7, 11) is 0. The summed E-state index contributed by atoms with van der Waals surface area (Å²) < 4.78 is 5.49. The fourth-order valence-corrected chi connectivity index (χ4v) is 2.77. The third kappa shape index (κ3) is 3.44. The molecule has 1 aromatic carbocycles. The van der Waals surface area contributed by atoms with Crippen LogP contribution in [0.5, 0.6) is 0 Å². The van der Waals surface area contributed by atoms with Crippen molar-refractivity contribution >= 4 is 5.91 Å². The first-order chi connectivity index (χ1) is 10.1. The van der Waals surface area contributed by atoms with Crippen molar-refractivity contribution in [2.45, 2.75) is 52.4 Å². The maximum absolute atomic E-state index is 12.4. The van der Waals surface area contributed by atoms with E-state index in [0.717, 1.165) is 12.0 Å². The summed E-state index contributed by atoms with van der Waals surface area (Å²) in [4.78, 5) is 14.3. The van der Waals surface area contributed by atoms with Crippen LogP contribution in [0.3, 0.4) is 0 Å². The van der Waals surface area contributed by atoms with E-state index in [2.05, 4.69) is 36.5 Å². The Balaban J connectivity index is 2.20. The van der Waals surface area contributed by atoms with E-state index in [0.29, 0.717) is 13.2 Å². The highest BCUT2D eigenvalue weighted by Crippen LogP contribution is 2.28. The van der Waals surface area contributed by atoms with Crippen molar-refractivity contribution in [3.8, 4) is 0 Å². The Kier molecular flexibility index (Phi) is 5.37. The van der Waals surface area contributed by atoms with Gasteiger partial charge >= 0.3 is 0 Å².